The molecule has 1 amide bonds. The monoisotopic (exact) mass is 359 g/mol. The van der Waals surface area contributed by atoms with Gasteiger partial charge in [0.1, 0.15) is 0 Å². The van der Waals surface area contributed by atoms with Crippen LogP contribution in [0.2, 0.25) is 5.02 Å². The highest BCUT2D eigenvalue weighted by atomic mass is 35.5. The molecule has 3 aromatic carbocycles. The van der Waals surface area contributed by atoms with E-state index in [1.807, 2.05) is 83.8 Å². The Morgan fingerprint density at radius 2 is 1.58 bits per heavy atom. The van der Waals surface area contributed by atoms with Crippen LogP contribution in [0.15, 0.2) is 78.9 Å². The molecule has 0 atom stereocenters. The summed E-state index contributed by atoms with van der Waals surface area (Å²) in [7, 11) is 0. The number of anilines is 1. The molecule has 0 spiro atoms. The molecule has 0 saturated carbocycles. The molecule has 0 radical (unpaired) electrons. The number of carbonyl (C=O) groups is 1. The third-order valence-corrected chi connectivity index (χ3v) is 5.00. The lowest BCUT2D eigenvalue weighted by atomic mass is 10.0. The molecule has 0 bridgehead atoms. The van der Waals surface area contributed by atoms with Gasteiger partial charge in [-0.3, -0.25) is 4.79 Å². The van der Waals surface area contributed by atoms with Crippen LogP contribution in [0.25, 0.3) is 11.6 Å². The highest BCUT2D eigenvalue weighted by Crippen LogP contribution is 2.32. The largest absolute Gasteiger partial charge is 0.308 e. The van der Waals surface area contributed by atoms with Gasteiger partial charge in [-0.05, 0) is 41.3 Å². The summed E-state index contributed by atoms with van der Waals surface area (Å²) in [6.07, 6.45) is 2.77. The van der Waals surface area contributed by atoms with Crippen molar-refractivity contribution in [1.29, 1.82) is 0 Å². The molecule has 3 aromatic rings. The predicted octanol–water partition coefficient (Wildman–Crippen LogP) is 5.47. The Hall–Kier alpha value is -2.84. The van der Waals surface area contributed by atoms with E-state index in [2.05, 4.69) is 6.07 Å². The van der Waals surface area contributed by atoms with Gasteiger partial charge in [-0.1, -0.05) is 78.3 Å². The predicted molar refractivity (Wildman–Crippen MR) is 108 cm³/mol. The molecule has 26 heavy (non-hydrogen) atoms. The van der Waals surface area contributed by atoms with Crippen LogP contribution in [0.4, 0.5) is 5.69 Å². The third kappa shape index (κ3) is 3.16. The van der Waals surface area contributed by atoms with Crippen molar-refractivity contribution in [2.45, 2.75) is 6.42 Å². The van der Waals surface area contributed by atoms with E-state index in [-0.39, 0.29) is 5.91 Å². The number of benzene rings is 3. The summed E-state index contributed by atoms with van der Waals surface area (Å²) in [5.74, 6) is 0.000990. The average molecular weight is 360 g/mol. The maximum atomic E-state index is 13.4. The van der Waals surface area contributed by atoms with Gasteiger partial charge in [0.25, 0.3) is 5.91 Å². The second-order valence-electron chi connectivity index (χ2n) is 6.28. The van der Waals surface area contributed by atoms with E-state index in [0.717, 1.165) is 23.2 Å². The number of hydrogen-bond donors (Lipinski definition) is 0. The number of para-hydroxylation sites is 1. The molecule has 1 heterocycles. The van der Waals surface area contributed by atoms with Crippen LogP contribution < -0.4 is 4.90 Å². The average Bonchev–Trinajstić information content (AvgIpc) is 3.12. The summed E-state index contributed by atoms with van der Waals surface area (Å²) in [5.41, 5.74) is 4.59. The summed E-state index contributed by atoms with van der Waals surface area (Å²) in [4.78, 5) is 15.3. The molecule has 0 aromatic heterocycles. The summed E-state index contributed by atoms with van der Waals surface area (Å²) in [6, 6.07) is 25.4. The lowest BCUT2D eigenvalue weighted by Gasteiger charge is -2.20. The first kappa shape index (κ1) is 16.6. The van der Waals surface area contributed by atoms with Gasteiger partial charge in [0.15, 0.2) is 0 Å². The van der Waals surface area contributed by atoms with Gasteiger partial charge in [-0.15, -0.1) is 0 Å². The van der Waals surface area contributed by atoms with Gasteiger partial charge >= 0.3 is 0 Å². The number of hydrogen-bond acceptors (Lipinski definition) is 1. The van der Waals surface area contributed by atoms with Crippen molar-refractivity contribution in [3.8, 4) is 0 Å². The smallest absolute Gasteiger partial charge is 0.258 e. The van der Waals surface area contributed by atoms with E-state index in [1.165, 1.54) is 5.56 Å². The number of halogens is 1. The fraction of sp³-hybridized carbons (Fsp3) is 0.0870. The number of carbonyl (C=O) groups excluding carboxylic acids is 1. The molecule has 0 unspecified atom stereocenters. The topological polar surface area (TPSA) is 20.3 Å². The normalized spacial score (nSPS) is 13.6. The zero-order valence-electron chi connectivity index (χ0n) is 14.2. The van der Waals surface area contributed by atoms with Crippen molar-refractivity contribution in [3.63, 3.8) is 0 Å². The summed E-state index contributed by atoms with van der Waals surface area (Å²) in [5, 5.41) is 0.635. The van der Waals surface area contributed by atoms with Crippen molar-refractivity contribution in [1.82, 2.24) is 0 Å². The van der Waals surface area contributed by atoms with Crippen molar-refractivity contribution in [2.75, 3.05) is 11.4 Å². The maximum absolute atomic E-state index is 13.4. The van der Waals surface area contributed by atoms with Gasteiger partial charge in [-0.25, -0.2) is 0 Å². The zero-order valence-corrected chi connectivity index (χ0v) is 15.0. The Kier molecular flexibility index (Phi) is 4.59. The molecular formula is C23H18ClNO. The highest BCUT2D eigenvalue weighted by molar-refractivity contribution is 6.34. The Bertz CT molecular complexity index is 978. The van der Waals surface area contributed by atoms with Gasteiger partial charge in [0.05, 0.1) is 0 Å². The first-order valence-electron chi connectivity index (χ1n) is 8.65. The van der Waals surface area contributed by atoms with Crippen LogP contribution in [0.1, 0.15) is 16.7 Å². The van der Waals surface area contributed by atoms with Crippen LogP contribution in [-0.4, -0.2) is 12.5 Å². The molecule has 2 nitrogen and oxygen atoms in total. The molecule has 0 fully saturated rings. The Morgan fingerprint density at radius 3 is 2.38 bits per heavy atom. The van der Waals surface area contributed by atoms with Crippen molar-refractivity contribution >= 4 is 34.8 Å². The molecule has 0 N–H and O–H groups in total. The molecule has 128 valence electrons. The first-order chi connectivity index (χ1) is 12.7. The van der Waals surface area contributed by atoms with E-state index in [1.54, 1.807) is 0 Å². The van der Waals surface area contributed by atoms with Crippen LogP contribution in [0, 0.1) is 0 Å². The lowest BCUT2D eigenvalue weighted by molar-refractivity contribution is -0.113. The van der Waals surface area contributed by atoms with E-state index in [4.69, 9.17) is 11.6 Å². The fourth-order valence-corrected chi connectivity index (χ4v) is 3.52. The minimum absolute atomic E-state index is 0.000990. The van der Waals surface area contributed by atoms with Crippen LogP contribution in [0.5, 0.6) is 0 Å². The highest BCUT2D eigenvalue weighted by Gasteiger charge is 2.27. The van der Waals surface area contributed by atoms with E-state index in [0.29, 0.717) is 17.1 Å². The number of rotatable bonds is 3. The van der Waals surface area contributed by atoms with E-state index in [9.17, 15) is 4.79 Å². The standard InChI is InChI=1S/C23H18ClNO/c24-21-12-6-4-11-19(21)16-20(17-8-2-1-3-9-17)23(26)25-15-14-18-10-5-7-13-22(18)25/h1-13,16H,14-15H2/b20-16+. The zero-order chi connectivity index (χ0) is 17.9. The maximum Gasteiger partial charge on any atom is 0.258 e. The molecule has 1 aliphatic heterocycles. The Balaban J connectivity index is 1.80. The van der Waals surface area contributed by atoms with Crippen LogP contribution >= 0.6 is 11.6 Å². The number of nitrogens with zero attached hydrogens (tertiary/aromatic N) is 1. The minimum Gasteiger partial charge on any atom is -0.308 e. The van der Waals surface area contributed by atoms with Crippen molar-refractivity contribution < 1.29 is 4.79 Å². The summed E-state index contributed by atoms with van der Waals surface area (Å²) in [6.45, 7) is 0.699. The van der Waals surface area contributed by atoms with Gasteiger partial charge in [-0.2, -0.15) is 0 Å². The molecular weight excluding hydrogens is 342 g/mol. The molecule has 3 heteroatoms. The SMILES string of the molecule is O=C(/C(=C/c1ccccc1Cl)c1ccccc1)N1CCc2ccccc21. The second kappa shape index (κ2) is 7.19. The van der Waals surface area contributed by atoms with E-state index >= 15 is 0 Å². The molecule has 4 rings (SSSR count). The quantitative estimate of drug-likeness (QED) is 0.448. The van der Waals surface area contributed by atoms with E-state index < -0.39 is 0 Å². The molecule has 0 saturated heterocycles. The Labute approximate surface area is 158 Å². The second-order valence-corrected chi connectivity index (χ2v) is 6.69. The lowest BCUT2D eigenvalue weighted by Crippen LogP contribution is -2.29. The van der Waals surface area contributed by atoms with Crippen molar-refractivity contribution in [3.05, 3.63) is 101 Å². The molecule has 0 aliphatic carbocycles. The number of fused-ring (bicyclic) bond motifs is 1. The Morgan fingerprint density at radius 1 is 0.885 bits per heavy atom. The summed E-state index contributed by atoms with van der Waals surface area (Å²) >= 11 is 6.33. The number of amides is 1. The molecule has 1 aliphatic rings. The van der Waals surface area contributed by atoms with Gasteiger partial charge in [0.2, 0.25) is 0 Å². The fourth-order valence-electron chi connectivity index (χ4n) is 3.33. The van der Waals surface area contributed by atoms with Crippen LogP contribution in [-0.2, 0) is 11.2 Å². The van der Waals surface area contributed by atoms with Crippen molar-refractivity contribution in [2.24, 2.45) is 0 Å². The van der Waals surface area contributed by atoms with Crippen LogP contribution in [0.3, 0.4) is 0 Å². The minimum atomic E-state index is 0.000990. The first-order valence-corrected chi connectivity index (χ1v) is 9.03. The van der Waals surface area contributed by atoms with Gasteiger partial charge < -0.3 is 4.90 Å². The summed E-state index contributed by atoms with van der Waals surface area (Å²) < 4.78 is 0. The third-order valence-electron chi connectivity index (χ3n) is 4.65. The van der Waals surface area contributed by atoms with Gasteiger partial charge in [0, 0.05) is 22.8 Å².